The van der Waals surface area contributed by atoms with Crippen LogP contribution in [-0.4, -0.2) is 32.4 Å². The minimum Gasteiger partial charge on any atom is -0.507 e. The van der Waals surface area contributed by atoms with Gasteiger partial charge < -0.3 is 20.4 Å². The highest BCUT2D eigenvalue weighted by atomic mass is 16.4. The van der Waals surface area contributed by atoms with Gasteiger partial charge in [-0.15, -0.1) is 0 Å². The van der Waals surface area contributed by atoms with E-state index in [1.807, 2.05) is 107 Å². The molecular formula is C40H58O6. The first-order chi connectivity index (χ1) is 20.8. The average Bonchev–Trinajstić information content (AvgIpc) is 2.87. The van der Waals surface area contributed by atoms with E-state index in [0.29, 0.717) is 36.8 Å². The van der Waals surface area contributed by atoms with Crippen molar-refractivity contribution in [2.75, 3.05) is 0 Å². The number of phenols is 2. The Labute approximate surface area is 277 Å². The fraction of sp³-hybridized carbons (Fsp3) is 0.550. The second kappa shape index (κ2) is 14.5. The normalized spacial score (nSPS) is 13.7. The molecule has 46 heavy (non-hydrogen) atoms. The molecule has 0 spiro atoms. The molecule has 254 valence electrons. The van der Waals surface area contributed by atoms with E-state index in [9.17, 15) is 30.0 Å². The average molecular weight is 635 g/mol. The molecule has 0 saturated carbocycles. The zero-order valence-electron chi connectivity index (χ0n) is 30.3. The fourth-order valence-electron chi connectivity index (χ4n) is 5.64. The van der Waals surface area contributed by atoms with E-state index in [0.717, 1.165) is 46.2 Å². The van der Waals surface area contributed by atoms with Crippen LogP contribution in [-0.2, 0) is 31.2 Å². The molecule has 0 aliphatic rings. The summed E-state index contributed by atoms with van der Waals surface area (Å²) < 4.78 is 0. The summed E-state index contributed by atoms with van der Waals surface area (Å²) in [5, 5.41) is 42.0. The van der Waals surface area contributed by atoms with Gasteiger partial charge in [0.15, 0.2) is 0 Å². The van der Waals surface area contributed by atoms with E-state index in [-0.39, 0.29) is 33.2 Å². The number of aliphatic carboxylic acids is 2. The van der Waals surface area contributed by atoms with Crippen LogP contribution in [0.4, 0.5) is 0 Å². The van der Waals surface area contributed by atoms with Crippen LogP contribution in [0.25, 0.3) is 12.2 Å². The SMILES string of the molecule is CC(C)(C)c1cc(C=C(CCCCCCC(=Cc2cc(C(C)(C)C)c(O)c(C(C)(C)C)c2)C(=O)O)C(=O)O)cc(C(C)(C)C)c1O. The molecule has 0 radical (unpaired) electrons. The third-order valence-electron chi connectivity index (χ3n) is 8.37. The number of benzene rings is 2. The Kier molecular flexibility index (Phi) is 12.2. The van der Waals surface area contributed by atoms with Crippen molar-refractivity contribution in [3.63, 3.8) is 0 Å². The molecule has 0 fully saturated rings. The molecule has 4 N–H and O–H groups in total. The quantitative estimate of drug-likeness (QED) is 0.144. The maximum absolute atomic E-state index is 12.2. The van der Waals surface area contributed by atoms with Gasteiger partial charge in [0.05, 0.1) is 0 Å². The van der Waals surface area contributed by atoms with Crippen molar-refractivity contribution in [2.24, 2.45) is 0 Å². The first-order valence-corrected chi connectivity index (χ1v) is 16.5. The molecular weight excluding hydrogens is 576 g/mol. The monoisotopic (exact) mass is 634 g/mol. The van der Waals surface area contributed by atoms with Gasteiger partial charge in [-0.3, -0.25) is 0 Å². The molecule has 0 unspecified atom stereocenters. The number of phenolic OH excluding ortho intramolecular Hbond substituents is 2. The van der Waals surface area contributed by atoms with Crippen molar-refractivity contribution in [3.8, 4) is 11.5 Å². The summed E-state index contributed by atoms with van der Waals surface area (Å²) in [6, 6.07) is 7.54. The number of carboxylic acids is 2. The van der Waals surface area contributed by atoms with Gasteiger partial charge in [-0.05, 0) is 94.9 Å². The predicted octanol–water partition coefficient (Wildman–Crippen LogP) is 10.3. The van der Waals surface area contributed by atoms with Crippen molar-refractivity contribution >= 4 is 24.1 Å². The number of carboxylic acid groups (broad SMARTS) is 2. The first-order valence-electron chi connectivity index (χ1n) is 16.5. The topological polar surface area (TPSA) is 115 Å². The van der Waals surface area contributed by atoms with E-state index >= 15 is 0 Å². The number of aromatic hydroxyl groups is 2. The number of carbonyl (C=O) groups is 2. The Bertz CT molecular complexity index is 1290. The lowest BCUT2D eigenvalue weighted by Gasteiger charge is -2.28. The molecule has 0 heterocycles. The minimum absolute atomic E-state index is 0.263. The second-order valence-corrected chi connectivity index (χ2v) is 16.8. The van der Waals surface area contributed by atoms with E-state index in [1.54, 1.807) is 12.2 Å². The highest BCUT2D eigenvalue weighted by molar-refractivity contribution is 5.93. The molecule has 0 amide bonds. The summed E-state index contributed by atoms with van der Waals surface area (Å²) in [5.41, 5.74) is 4.05. The van der Waals surface area contributed by atoms with Crippen LogP contribution in [0.15, 0.2) is 35.4 Å². The number of unbranched alkanes of at least 4 members (excludes halogenated alkanes) is 3. The van der Waals surface area contributed by atoms with Crippen molar-refractivity contribution in [3.05, 3.63) is 68.8 Å². The van der Waals surface area contributed by atoms with Gasteiger partial charge in [0.25, 0.3) is 0 Å². The lowest BCUT2D eigenvalue weighted by Crippen LogP contribution is -2.17. The third-order valence-corrected chi connectivity index (χ3v) is 8.37. The molecule has 6 nitrogen and oxygen atoms in total. The van der Waals surface area contributed by atoms with Gasteiger partial charge in [0.1, 0.15) is 11.5 Å². The first kappa shape index (κ1) is 38.6. The Morgan fingerprint density at radius 2 is 0.739 bits per heavy atom. The molecule has 0 bridgehead atoms. The zero-order chi connectivity index (χ0) is 35.4. The van der Waals surface area contributed by atoms with Crippen molar-refractivity contribution in [1.29, 1.82) is 0 Å². The van der Waals surface area contributed by atoms with E-state index in [2.05, 4.69) is 0 Å². The number of hydrogen-bond acceptors (Lipinski definition) is 4. The zero-order valence-corrected chi connectivity index (χ0v) is 30.3. The largest absolute Gasteiger partial charge is 0.507 e. The molecule has 6 heteroatoms. The van der Waals surface area contributed by atoms with Crippen LogP contribution < -0.4 is 0 Å². The molecule has 0 aromatic heterocycles. The molecule has 2 aromatic carbocycles. The molecule has 0 saturated heterocycles. The van der Waals surface area contributed by atoms with Crippen LogP contribution in [0.2, 0.25) is 0 Å². The Morgan fingerprint density at radius 3 is 0.935 bits per heavy atom. The Morgan fingerprint density at radius 1 is 0.500 bits per heavy atom. The summed E-state index contributed by atoms with van der Waals surface area (Å²) in [4.78, 5) is 24.4. The maximum atomic E-state index is 12.2. The van der Waals surface area contributed by atoms with Crippen LogP contribution >= 0.6 is 0 Å². The third kappa shape index (κ3) is 10.5. The summed E-state index contributed by atoms with van der Waals surface area (Å²) in [6.45, 7) is 24.4. The van der Waals surface area contributed by atoms with Crippen LogP contribution in [0.3, 0.4) is 0 Å². The van der Waals surface area contributed by atoms with Crippen LogP contribution in [0, 0.1) is 0 Å². The minimum atomic E-state index is -0.961. The van der Waals surface area contributed by atoms with E-state index in [1.165, 1.54) is 0 Å². The molecule has 0 aliphatic heterocycles. The van der Waals surface area contributed by atoms with E-state index in [4.69, 9.17) is 0 Å². The molecule has 2 aromatic rings. The number of hydrogen-bond donors (Lipinski definition) is 4. The molecule has 2 rings (SSSR count). The summed E-state index contributed by atoms with van der Waals surface area (Å²) >= 11 is 0. The second-order valence-electron chi connectivity index (χ2n) is 16.8. The lowest BCUT2D eigenvalue weighted by molar-refractivity contribution is -0.133. The number of rotatable bonds is 11. The maximum Gasteiger partial charge on any atom is 0.331 e. The highest BCUT2D eigenvalue weighted by Gasteiger charge is 2.28. The van der Waals surface area contributed by atoms with Crippen LogP contribution in [0.5, 0.6) is 11.5 Å². The fourth-order valence-corrected chi connectivity index (χ4v) is 5.64. The van der Waals surface area contributed by atoms with Gasteiger partial charge in [0, 0.05) is 33.4 Å². The summed E-state index contributed by atoms with van der Waals surface area (Å²) in [5.74, 6) is -1.40. The van der Waals surface area contributed by atoms with Crippen molar-refractivity contribution in [2.45, 2.75) is 143 Å². The van der Waals surface area contributed by atoms with Gasteiger partial charge in [-0.25, -0.2) is 9.59 Å². The van der Waals surface area contributed by atoms with Crippen LogP contribution in [0.1, 0.15) is 155 Å². The standard InChI is InChI=1S/C40H58O6/c1-37(2,3)29-21-25(22-30(33(29)41)38(4,5)6)19-27(35(43)44)17-15-13-14-16-18-28(36(45)46)20-26-23-31(39(7,8)9)34(42)32(24-26)40(10,11)12/h19-24,41-42H,13-18H2,1-12H3,(H,43,44)(H,45,46). The molecule has 0 atom stereocenters. The Balaban J connectivity index is 2.19. The Hall–Kier alpha value is -3.54. The van der Waals surface area contributed by atoms with Gasteiger partial charge in [-0.1, -0.05) is 95.9 Å². The van der Waals surface area contributed by atoms with E-state index < -0.39 is 11.9 Å². The predicted molar refractivity (Wildman–Crippen MR) is 190 cm³/mol. The lowest BCUT2D eigenvalue weighted by atomic mass is 9.78. The van der Waals surface area contributed by atoms with Crippen molar-refractivity contribution in [1.82, 2.24) is 0 Å². The van der Waals surface area contributed by atoms with Crippen molar-refractivity contribution < 1.29 is 30.0 Å². The van der Waals surface area contributed by atoms with Gasteiger partial charge in [0.2, 0.25) is 0 Å². The highest BCUT2D eigenvalue weighted by Crippen LogP contribution is 2.41. The summed E-state index contributed by atoms with van der Waals surface area (Å²) in [6.07, 6.45) is 7.10. The summed E-state index contributed by atoms with van der Waals surface area (Å²) in [7, 11) is 0. The van der Waals surface area contributed by atoms with Gasteiger partial charge in [-0.2, -0.15) is 0 Å². The smallest absolute Gasteiger partial charge is 0.331 e. The van der Waals surface area contributed by atoms with Gasteiger partial charge >= 0.3 is 11.9 Å². The molecule has 0 aliphatic carbocycles.